The third-order valence-corrected chi connectivity index (χ3v) is 10.4. The average Bonchev–Trinajstić information content (AvgIpc) is 3.19. The number of carbonyl (C=O) groups excluding carboxylic acids is 6. The SMILES string of the molecule is CCCCCCCCCCCCCCCC(=O)N[C@@H](CCSC)C(=O)NCC(=O)N[C@@H](Cc1ccc(O)cc1)C(=O)N[C@@H](C)C(=O)N[C@@H](CCCCN)C(=O)NC. The van der Waals surface area contributed by atoms with E-state index >= 15 is 0 Å². The lowest BCUT2D eigenvalue weighted by molar-refractivity contribution is -0.133. The number of unbranched alkanes of at least 4 members (excludes halogenated alkanes) is 13. The molecule has 1 aromatic rings. The molecule has 57 heavy (non-hydrogen) atoms. The number of hydrogen-bond acceptors (Lipinski definition) is 9. The first-order chi connectivity index (χ1) is 27.4. The molecule has 4 atom stereocenters. The number of thioether (sulfide) groups is 1. The van der Waals surface area contributed by atoms with Crippen molar-refractivity contribution in [1.82, 2.24) is 31.9 Å². The molecule has 1 rings (SSSR count). The molecule has 0 aliphatic carbocycles. The first-order valence-corrected chi connectivity index (χ1v) is 22.5. The molecule has 0 spiro atoms. The van der Waals surface area contributed by atoms with Gasteiger partial charge in [0.2, 0.25) is 35.4 Å². The van der Waals surface area contributed by atoms with Crippen molar-refractivity contribution in [3.05, 3.63) is 29.8 Å². The topological polar surface area (TPSA) is 221 Å². The van der Waals surface area contributed by atoms with Gasteiger partial charge in [0.05, 0.1) is 6.54 Å². The monoisotopic (exact) mass is 820 g/mol. The Bertz CT molecular complexity index is 1320. The van der Waals surface area contributed by atoms with Crippen LogP contribution in [0.2, 0.25) is 0 Å². The molecule has 0 radical (unpaired) electrons. The Morgan fingerprint density at radius 1 is 0.649 bits per heavy atom. The zero-order valence-corrected chi connectivity index (χ0v) is 35.9. The van der Waals surface area contributed by atoms with E-state index in [0.29, 0.717) is 50.0 Å². The number of phenols is 1. The highest BCUT2D eigenvalue weighted by atomic mass is 32.2. The van der Waals surface area contributed by atoms with Gasteiger partial charge in [-0.15, -0.1) is 0 Å². The van der Waals surface area contributed by atoms with Gasteiger partial charge in [0.25, 0.3) is 0 Å². The Morgan fingerprint density at radius 2 is 1.21 bits per heavy atom. The molecule has 0 aliphatic heterocycles. The number of amides is 6. The second-order valence-corrected chi connectivity index (χ2v) is 15.8. The molecule has 0 fully saturated rings. The van der Waals surface area contributed by atoms with Gasteiger partial charge < -0.3 is 42.7 Å². The van der Waals surface area contributed by atoms with E-state index < -0.39 is 54.3 Å². The molecule has 0 unspecified atom stereocenters. The van der Waals surface area contributed by atoms with Gasteiger partial charge in [-0.25, -0.2) is 0 Å². The smallest absolute Gasteiger partial charge is 0.243 e. The van der Waals surface area contributed by atoms with E-state index in [1.165, 1.54) is 90.3 Å². The fraction of sp³-hybridized carbons (Fsp3) is 0.714. The van der Waals surface area contributed by atoms with Crippen molar-refractivity contribution in [2.75, 3.05) is 32.1 Å². The summed E-state index contributed by atoms with van der Waals surface area (Å²) in [5, 5.41) is 25.6. The van der Waals surface area contributed by atoms with Gasteiger partial charge in [-0.1, -0.05) is 96.1 Å². The quantitative estimate of drug-likeness (QED) is 0.0478. The molecule has 9 N–H and O–H groups in total. The summed E-state index contributed by atoms with van der Waals surface area (Å²) in [6.07, 6.45) is 20.0. The van der Waals surface area contributed by atoms with Crippen LogP contribution in [-0.2, 0) is 35.2 Å². The van der Waals surface area contributed by atoms with Crippen LogP contribution in [0.3, 0.4) is 0 Å². The summed E-state index contributed by atoms with van der Waals surface area (Å²) in [7, 11) is 1.47. The number of benzene rings is 1. The normalized spacial score (nSPS) is 13.1. The first-order valence-electron chi connectivity index (χ1n) is 21.1. The number of nitrogens with two attached hydrogens (primary N) is 1. The third kappa shape index (κ3) is 24.5. The second-order valence-electron chi connectivity index (χ2n) is 14.8. The van der Waals surface area contributed by atoms with Gasteiger partial charge in [-0.2, -0.15) is 11.8 Å². The van der Waals surface area contributed by atoms with Crippen molar-refractivity contribution in [2.45, 2.75) is 160 Å². The number of hydrogen-bond donors (Lipinski definition) is 8. The summed E-state index contributed by atoms with van der Waals surface area (Å²) in [6.45, 7) is 3.71. The lowest BCUT2D eigenvalue weighted by Crippen LogP contribution is -2.57. The Labute approximate surface area is 345 Å². The molecule has 14 nitrogen and oxygen atoms in total. The fourth-order valence-electron chi connectivity index (χ4n) is 6.30. The minimum absolute atomic E-state index is 0.0195. The number of nitrogens with one attached hydrogen (secondary N) is 6. The van der Waals surface area contributed by atoms with Crippen LogP contribution < -0.4 is 37.6 Å². The van der Waals surface area contributed by atoms with Gasteiger partial charge in [-0.3, -0.25) is 28.8 Å². The molecule has 0 bridgehead atoms. The summed E-state index contributed by atoms with van der Waals surface area (Å²) in [6, 6.07) is 2.27. The Hall–Kier alpha value is -3.85. The van der Waals surface area contributed by atoms with Crippen molar-refractivity contribution in [3.8, 4) is 5.75 Å². The average molecular weight is 820 g/mol. The largest absolute Gasteiger partial charge is 0.508 e. The number of carbonyl (C=O) groups is 6. The fourth-order valence-corrected chi connectivity index (χ4v) is 6.77. The Morgan fingerprint density at radius 3 is 1.77 bits per heavy atom. The summed E-state index contributed by atoms with van der Waals surface area (Å²) >= 11 is 1.54. The minimum atomic E-state index is -1.15. The highest BCUT2D eigenvalue weighted by molar-refractivity contribution is 7.98. The highest BCUT2D eigenvalue weighted by Gasteiger charge is 2.28. The molecule has 0 aliphatic rings. The first kappa shape index (κ1) is 51.2. The molecular formula is C42H73N7O7S. The maximum Gasteiger partial charge on any atom is 0.243 e. The molecule has 0 saturated carbocycles. The van der Waals surface area contributed by atoms with E-state index in [4.69, 9.17) is 5.73 Å². The van der Waals surface area contributed by atoms with Crippen LogP contribution in [0, 0.1) is 0 Å². The van der Waals surface area contributed by atoms with Gasteiger partial charge in [-0.05, 0) is 75.3 Å². The van der Waals surface area contributed by atoms with Gasteiger partial charge in [0, 0.05) is 19.9 Å². The number of phenolic OH excluding ortho intramolecular Hbond substituents is 1. The van der Waals surface area contributed by atoms with Crippen LogP contribution >= 0.6 is 11.8 Å². The third-order valence-electron chi connectivity index (χ3n) is 9.80. The minimum Gasteiger partial charge on any atom is -0.508 e. The number of rotatable bonds is 33. The van der Waals surface area contributed by atoms with Crippen LogP contribution in [0.4, 0.5) is 0 Å². The van der Waals surface area contributed by atoms with E-state index in [1.807, 2.05) is 6.26 Å². The van der Waals surface area contributed by atoms with Gasteiger partial charge >= 0.3 is 0 Å². The maximum absolute atomic E-state index is 13.5. The summed E-state index contributed by atoms with van der Waals surface area (Å²) < 4.78 is 0. The van der Waals surface area contributed by atoms with Crippen molar-refractivity contribution in [3.63, 3.8) is 0 Å². The van der Waals surface area contributed by atoms with Crippen molar-refractivity contribution in [1.29, 1.82) is 0 Å². The molecule has 324 valence electrons. The molecule has 1 aromatic carbocycles. The standard InChI is InChI=1S/C42H73N7O7S/c1-5-6-7-8-9-10-11-12-13-14-15-16-17-21-37(51)47-35(26-28-57-4)41(55)45-30-38(52)48-36(29-32-22-24-33(50)25-23-32)42(56)46-31(2)39(53)49-34(40(54)44-3)20-18-19-27-43/h22-25,31,34-36,50H,5-21,26-30,43H2,1-4H3,(H,44,54)(H,45,55)(H,46,56)(H,47,51)(H,48,52)(H,49,53)/t31-,34-,35-,36-/m0/s1. The lowest BCUT2D eigenvalue weighted by Gasteiger charge is -2.24. The van der Waals surface area contributed by atoms with Crippen LogP contribution in [0.15, 0.2) is 24.3 Å². The number of aromatic hydroxyl groups is 1. The Kier molecular flexibility index (Phi) is 28.9. The predicted octanol–water partition coefficient (Wildman–Crippen LogP) is 4.12. The summed E-state index contributed by atoms with van der Waals surface area (Å²) in [4.78, 5) is 78.0. The summed E-state index contributed by atoms with van der Waals surface area (Å²) in [5.41, 5.74) is 6.19. The maximum atomic E-state index is 13.5. The van der Waals surface area contributed by atoms with Crippen LogP contribution in [0.1, 0.15) is 135 Å². The molecular weight excluding hydrogens is 747 g/mol. The van der Waals surface area contributed by atoms with Gasteiger partial charge in [0.15, 0.2) is 0 Å². The Balaban J connectivity index is 2.70. The lowest BCUT2D eigenvalue weighted by atomic mass is 10.0. The van der Waals surface area contributed by atoms with Crippen molar-refractivity contribution in [2.24, 2.45) is 5.73 Å². The van der Waals surface area contributed by atoms with Crippen LogP contribution in [0.5, 0.6) is 5.75 Å². The van der Waals surface area contributed by atoms with E-state index in [-0.39, 0.29) is 24.0 Å². The zero-order chi connectivity index (χ0) is 42.3. The van der Waals surface area contributed by atoms with E-state index in [9.17, 15) is 33.9 Å². The van der Waals surface area contributed by atoms with E-state index in [2.05, 4.69) is 38.8 Å². The number of likely N-dealkylation sites (N-methyl/N-ethyl adjacent to an activating group) is 1. The highest BCUT2D eigenvalue weighted by Crippen LogP contribution is 2.14. The van der Waals surface area contributed by atoms with Gasteiger partial charge in [0.1, 0.15) is 29.9 Å². The molecule has 0 aromatic heterocycles. The second kappa shape index (κ2) is 32.1. The van der Waals surface area contributed by atoms with E-state index in [1.54, 1.807) is 23.9 Å². The molecule has 0 saturated heterocycles. The molecule has 6 amide bonds. The van der Waals surface area contributed by atoms with Crippen molar-refractivity contribution < 1.29 is 33.9 Å². The van der Waals surface area contributed by atoms with Crippen molar-refractivity contribution >= 4 is 47.2 Å². The predicted molar refractivity (Wildman–Crippen MR) is 229 cm³/mol. The zero-order valence-electron chi connectivity index (χ0n) is 35.1. The summed E-state index contributed by atoms with van der Waals surface area (Å²) in [5.74, 6) is -2.32. The van der Waals surface area contributed by atoms with E-state index in [0.717, 1.165) is 19.3 Å². The molecule has 0 heterocycles. The van der Waals surface area contributed by atoms with Crippen LogP contribution in [0.25, 0.3) is 0 Å². The van der Waals surface area contributed by atoms with Crippen LogP contribution in [-0.4, -0.2) is 96.9 Å². The molecule has 15 heteroatoms.